The average molecular weight is 264 g/mol. The average Bonchev–Trinajstić information content (AvgIpc) is 2.59. The molecule has 2 aromatic heterocycles. The Bertz CT molecular complexity index is 578. The van der Waals surface area contributed by atoms with Crippen molar-refractivity contribution < 1.29 is 9.67 Å². The molecule has 4 nitrogen and oxygen atoms in total. The van der Waals surface area contributed by atoms with E-state index in [1.807, 2.05) is 26.0 Å². The van der Waals surface area contributed by atoms with Crippen LogP contribution in [0.3, 0.4) is 0 Å². The molecule has 2 aromatic rings. The Morgan fingerprint density at radius 3 is 2.61 bits per heavy atom. The Morgan fingerprint density at radius 2 is 2.06 bits per heavy atom. The van der Waals surface area contributed by atoms with Crippen molar-refractivity contribution in [3.63, 3.8) is 0 Å². The predicted molar refractivity (Wildman–Crippen MR) is 72.4 cm³/mol. The van der Waals surface area contributed by atoms with E-state index in [0.717, 1.165) is 26.8 Å². The van der Waals surface area contributed by atoms with Gasteiger partial charge in [0.05, 0.1) is 12.2 Å². The highest BCUT2D eigenvalue weighted by Crippen LogP contribution is 2.17. The number of hydrogen-bond acceptors (Lipinski definition) is 4. The molecule has 0 aliphatic rings. The summed E-state index contributed by atoms with van der Waals surface area (Å²) in [5.41, 5.74) is 8.98. The lowest BCUT2D eigenvalue weighted by molar-refractivity contribution is -0.695. The van der Waals surface area contributed by atoms with Crippen molar-refractivity contribution in [3.8, 4) is 0 Å². The molecule has 0 fully saturated rings. The third kappa shape index (κ3) is 2.37. The van der Waals surface area contributed by atoms with Crippen LogP contribution in [0.2, 0.25) is 0 Å². The Morgan fingerprint density at radius 1 is 1.33 bits per heavy atom. The third-order valence-electron chi connectivity index (χ3n) is 3.08. The van der Waals surface area contributed by atoms with Crippen LogP contribution in [0.5, 0.6) is 0 Å². The summed E-state index contributed by atoms with van der Waals surface area (Å²) in [7, 11) is 0. The molecular weight excluding hydrogens is 246 g/mol. The van der Waals surface area contributed by atoms with Gasteiger partial charge in [-0.3, -0.25) is 0 Å². The number of nitrogens with zero attached hydrogens (tertiary/aromatic N) is 2. The van der Waals surface area contributed by atoms with Crippen LogP contribution in [-0.2, 0) is 13.2 Å². The monoisotopic (exact) mass is 264 g/mol. The third-order valence-corrected chi connectivity index (χ3v) is 4.27. The van der Waals surface area contributed by atoms with E-state index in [9.17, 15) is 5.11 Å². The summed E-state index contributed by atoms with van der Waals surface area (Å²) in [6.07, 6.45) is 0. The lowest BCUT2D eigenvalue weighted by Crippen LogP contribution is -2.38. The fourth-order valence-electron chi connectivity index (χ4n) is 1.98. The van der Waals surface area contributed by atoms with E-state index >= 15 is 0 Å². The van der Waals surface area contributed by atoms with Crippen molar-refractivity contribution in [2.75, 3.05) is 5.73 Å². The molecule has 2 rings (SSSR count). The highest BCUT2D eigenvalue weighted by atomic mass is 32.1. The zero-order valence-electron chi connectivity index (χ0n) is 10.9. The van der Waals surface area contributed by atoms with Crippen LogP contribution in [0, 0.1) is 20.8 Å². The SMILES string of the molecule is Cc1ccc(C[n+]2c(C)sc(CO)c2C)c(N)n1. The number of pyridine rings is 1. The number of aromatic nitrogens is 2. The molecule has 0 aliphatic heterocycles. The van der Waals surface area contributed by atoms with Gasteiger partial charge < -0.3 is 10.8 Å². The Kier molecular flexibility index (Phi) is 3.63. The molecule has 5 heteroatoms. The second-order valence-electron chi connectivity index (χ2n) is 4.37. The summed E-state index contributed by atoms with van der Waals surface area (Å²) in [5, 5.41) is 10.4. The molecule has 0 aromatic carbocycles. The Labute approximate surface area is 111 Å². The summed E-state index contributed by atoms with van der Waals surface area (Å²) in [6, 6.07) is 3.98. The van der Waals surface area contributed by atoms with E-state index in [4.69, 9.17) is 5.73 Å². The zero-order valence-corrected chi connectivity index (χ0v) is 11.7. The van der Waals surface area contributed by atoms with E-state index in [2.05, 4.69) is 16.5 Å². The van der Waals surface area contributed by atoms with Gasteiger partial charge in [0.15, 0.2) is 12.2 Å². The van der Waals surface area contributed by atoms with E-state index in [-0.39, 0.29) is 6.61 Å². The molecule has 0 unspecified atom stereocenters. The number of aliphatic hydroxyl groups excluding tert-OH is 1. The van der Waals surface area contributed by atoms with Crippen molar-refractivity contribution in [1.82, 2.24) is 4.98 Å². The van der Waals surface area contributed by atoms with E-state index in [0.29, 0.717) is 12.4 Å². The topological polar surface area (TPSA) is 63.0 Å². The summed E-state index contributed by atoms with van der Waals surface area (Å²) in [6.45, 7) is 6.79. The van der Waals surface area contributed by atoms with Crippen molar-refractivity contribution >= 4 is 17.2 Å². The van der Waals surface area contributed by atoms with Crippen LogP contribution in [0.4, 0.5) is 5.82 Å². The van der Waals surface area contributed by atoms with Gasteiger partial charge in [-0.1, -0.05) is 11.3 Å². The molecule has 0 bridgehead atoms. The summed E-state index contributed by atoms with van der Waals surface area (Å²) < 4.78 is 2.17. The number of rotatable bonds is 3. The molecule has 0 spiro atoms. The second kappa shape index (κ2) is 5.04. The highest BCUT2D eigenvalue weighted by molar-refractivity contribution is 7.11. The van der Waals surface area contributed by atoms with Crippen molar-refractivity contribution in [1.29, 1.82) is 0 Å². The minimum atomic E-state index is 0.0893. The number of anilines is 1. The lowest BCUT2D eigenvalue weighted by Gasteiger charge is -2.03. The second-order valence-corrected chi connectivity index (χ2v) is 5.66. The quantitative estimate of drug-likeness (QED) is 0.825. The number of nitrogen functional groups attached to an aromatic ring is 1. The van der Waals surface area contributed by atoms with Crippen LogP contribution < -0.4 is 10.3 Å². The van der Waals surface area contributed by atoms with Crippen molar-refractivity contribution in [2.45, 2.75) is 33.9 Å². The molecule has 2 heterocycles. The van der Waals surface area contributed by atoms with Gasteiger partial charge in [-0.05, 0) is 19.1 Å². The van der Waals surface area contributed by atoms with Gasteiger partial charge in [0.25, 0.3) is 0 Å². The normalized spacial score (nSPS) is 10.9. The smallest absolute Gasteiger partial charge is 0.234 e. The fourth-order valence-corrected chi connectivity index (χ4v) is 2.97. The van der Waals surface area contributed by atoms with E-state index < -0.39 is 0 Å². The van der Waals surface area contributed by atoms with Gasteiger partial charge in [-0.15, -0.1) is 0 Å². The van der Waals surface area contributed by atoms with E-state index in [1.165, 1.54) is 0 Å². The number of aryl methyl sites for hydroxylation is 2. The van der Waals surface area contributed by atoms with Crippen LogP contribution in [0.15, 0.2) is 12.1 Å². The maximum Gasteiger partial charge on any atom is 0.234 e. The maximum absolute atomic E-state index is 9.27. The minimum Gasteiger partial charge on any atom is -0.391 e. The van der Waals surface area contributed by atoms with Gasteiger partial charge in [0.2, 0.25) is 5.01 Å². The fraction of sp³-hybridized carbons (Fsp3) is 0.385. The van der Waals surface area contributed by atoms with Gasteiger partial charge in [-0.25, -0.2) is 4.98 Å². The lowest BCUT2D eigenvalue weighted by atomic mass is 10.2. The molecule has 0 aliphatic carbocycles. The van der Waals surface area contributed by atoms with Crippen LogP contribution in [0.1, 0.15) is 26.8 Å². The number of nitrogens with two attached hydrogens (primary N) is 1. The Balaban J connectivity index is 2.37. The van der Waals surface area contributed by atoms with Gasteiger partial charge in [0.1, 0.15) is 10.7 Å². The van der Waals surface area contributed by atoms with Crippen LogP contribution in [-0.4, -0.2) is 10.1 Å². The Hall–Kier alpha value is -1.46. The molecule has 0 atom stereocenters. The van der Waals surface area contributed by atoms with Gasteiger partial charge in [-0.2, -0.15) is 4.57 Å². The van der Waals surface area contributed by atoms with Crippen molar-refractivity contribution in [2.24, 2.45) is 0 Å². The molecule has 0 radical (unpaired) electrons. The van der Waals surface area contributed by atoms with Gasteiger partial charge >= 0.3 is 0 Å². The summed E-state index contributed by atoms with van der Waals surface area (Å²) in [4.78, 5) is 5.28. The molecule has 0 saturated carbocycles. The molecule has 0 saturated heterocycles. The maximum atomic E-state index is 9.27. The zero-order chi connectivity index (χ0) is 13.3. The summed E-state index contributed by atoms with van der Waals surface area (Å²) >= 11 is 1.62. The first-order chi connectivity index (χ1) is 8.52. The molecule has 18 heavy (non-hydrogen) atoms. The number of aliphatic hydroxyl groups is 1. The minimum absolute atomic E-state index is 0.0893. The molecule has 3 N–H and O–H groups in total. The van der Waals surface area contributed by atoms with Crippen LogP contribution >= 0.6 is 11.3 Å². The number of hydrogen-bond donors (Lipinski definition) is 2. The van der Waals surface area contributed by atoms with Gasteiger partial charge in [0, 0.05) is 19.5 Å². The summed E-state index contributed by atoms with van der Waals surface area (Å²) in [5.74, 6) is 0.582. The molecule has 96 valence electrons. The first-order valence-corrected chi connectivity index (χ1v) is 6.66. The first-order valence-electron chi connectivity index (χ1n) is 5.84. The number of thiazole rings is 1. The van der Waals surface area contributed by atoms with Crippen LogP contribution in [0.25, 0.3) is 0 Å². The predicted octanol–water partition coefficient (Wildman–Crippen LogP) is 1.48. The van der Waals surface area contributed by atoms with E-state index in [1.54, 1.807) is 11.3 Å². The largest absolute Gasteiger partial charge is 0.391 e. The van der Waals surface area contributed by atoms with Crippen molar-refractivity contribution in [3.05, 3.63) is 39.0 Å². The molecular formula is C13H18N3OS+. The highest BCUT2D eigenvalue weighted by Gasteiger charge is 2.20. The first kappa shape index (κ1) is 13.0. The molecule has 0 amide bonds. The standard InChI is InChI=1S/C13H18N3OS/c1-8-4-5-11(13(14)15-8)6-16-9(2)12(7-17)18-10(16)3/h4-5,17H,6-7H2,1-3H3,(H2,14,15)/q+1.